The summed E-state index contributed by atoms with van der Waals surface area (Å²) in [6, 6.07) is -28.6. The van der Waals surface area contributed by atoms with Crippen LogP contribution in [0.4, 0.5) is 110 Å². The highest BCUT2D eigenvalue weighted by molar-refractivity contribution is 5.80. The first kappa shape index (κ1) is 39.8. The Balaban J connectivity index is 0. The minimum atomic E-state index is -9.62. The summed E-state index contributed by atoms with van der Waals surface area (Å²) in [4.78, 5) is 4.48. The van der Waals surface area contributed by atoms with Crippen molar-refractivity contribution < 1.29 is 120 Å². The van der Waals surface area contributed by atoms with Crippen molar-refractivity contribution in [2.45, 2.75) is 66.0 Å². The van der Waals surface area contributed by atoms with Crippen LogP contribution in [-0.4, -0.2) is 82.0 Å². The van der Waals surface area contributed by atoms with E-state index >= 15 is 0 Å². The van der Waals surface area contributed by atoms with E-state index in [2.05, 4.69) is 0 Å². The van der Waals surface area contributed by atoms with Crippen molar-refractivity contribution in [3.8, 4) is 0 Å². The number of nitrogens with zero attached hydrogens (tertiary/aromatic N) is 1. The summed E-state index contributed by atoms with van der Waals surface area (Å²) in [6.07, 6.45) is -25.1. The molecule has 0 aromatic rings. The molecule has 0 aliphatic heterocycles. The third kappa shape index (κ3) is 4.89. The Morgan fingerprint density at radius 3 is 0.775 bits per heavy atom. The molecule has 0 aliphatic rings. The Hall–Kier alpha value is -2.32. The number of hydrogen-bond acceptors (Lipinski definition) is 2. The first-order chi connectivity index (χ1) is 16.3. The molecule has 1 unspecified atom stereocenters. The molecule has 0 saturated heterocycles. The van der Waals surface area contributed by atoms with Crippen LogP contribution in [0.5, 0.6) is 0 Å². The van der Waals surface area contributed by atoms with Gasteiger partial charge in [-0.1, -0.05) is 0 Å². The van der Waals surface area contributed by atoms with E-state index in [-0.39, 0.29) is 4.70 Å². The lowest BCUT2D eigenvalue weighted by Gasteiger charge is -2.49. The summed E-state index contributed by atoms with van der Waals surface area (Å²) in [6.45, 7) is 0. The number of hydrogen-bond donors (Lipinski definition) is 1. The molecule has 0 aromatic carbocycles. The van der Waals surface area contributed by atoms with Crippen LogP contribution in [0, 0.1) is 0 Å². The van der Waals surface area contributed by atoms with Gasteiger partial charge in [-0.3, -0.25) is 4.70 Å². The zero-order valence-electron chi connectivity index (χ0n) is 16.8. The number of carbonyl (C=O) groups is 1. The number of rotatable bonds is 9. The molecule has 0 rings (SSSR count). The molecular formula is C12H2F25NO2. The van der Waals surface area contributed by atoms with Crippen molar-refractivity contribution in [2.75, 3.05) is 0 Å². The molecule has 242 valence electrons. The van der Waals surface area contributed by atoms with Crippen LogP contribution in [0.3, 0.4) is 0 Å². The van der Waals surface area contributed by atoms with Crippen LogP contribution in [0.1, 0.15) is 0 Å². The molecule has 0 aliphatic carbocycles. The number of alkyl halides is 24. The molecule has 0 saturated carbocycles. The smallest absolute Gasteiger partial charge is 0.460 e. The Morgan fingerprint density at radius 1 is 0.400 bits per heavy atom. The first-order valence-corrected chi connectivity index (χ1v) is 7.88. The fourth-order valence-electron chi connectivity index (χ4n) is 2.12. The van der Waals surface area contributed by atoms with Gasteiger partial charge in [0.1, 0.15) is 0 Å². The second-order valence-electron chi connectivity index (χ2n) is 6.71. The Bertz CT molecular complexity index is 876. The highest BCUT2D eigenvalue weighted by Gasteiger charge is 2.95. The van der Waals surface area contributed by atoms with E-state index < -0.39 is 76.9 Å². The summed E-state index contributed by atoms with van der Waals surface area (Å²) in [7, 11) is 0. The van der Waals surface area contributed by atoms with Crippen molar-refractivity contribution in [2.24, 2.45) is 0 Å². The molecule has 3 nitrogen and oxygen atoms in total. The molecule has 40 heavy (non-hydrogen) atoms. The summed E-state index contributed by atoms with van der Waals surface area (Å²) in [5, 5.41) is 7.95. The average Bonchev–Trinajstić information content (AvgIpc) is 2.62. The largest absolute Gasteiger partial charge is 0.478 e. The van der Waals surface area contributed by atoms with Crippen molar-refractivity contribution in [3.05, 3.63) is 0 Å². The van der Waals surface area contributed by atoms with Gasteiger partial charge in [-0.2, -0.15) is 101 Å². The van der Waals surface area contributed by atoms with E-state index in [0.717, 1.165) is 0 Å². The molecule has 1 N–H and O–H groups in total. The fraction of sp³-hybridized carbons (Fsp3) is 0.917. The lowest BCUT2D eigenvalue weighted by Crippen LogP contribution is -2.82. The first-order valence-electron chi connectivity index (χ1n) is 7.88. The molecular weight excluding hydrogens is 665 g/mol. The molecule has 0 heterocycles. The van der Waals surface area contributed by atoms with Crippen LogP contribution in [0.2, 0.25) is 0 Å². The quantitative estimate of drug-likeness (QED) is 0.208. The minimum Gasteiger partial charge on any atom is -0.478 e. The maximum atomic E-state index is 14.1. The van der Waals surface area contributed by atoms with Gasteiger partial charge in [0, 0.05) is 0 Å². The Labute approximate surface area is 198 Å². The SMILES string of the molecule is F.O=C(O)C(F)(C(F)(F)F)C(F)(F)N(C(F)(F)C(F)(F)C(F)(F)C(F)(F)F)C(F)(F)C(F)(F)C(F)(F)C(F)(F)F. The normalized spacial score (nSPS) is 17.4. The minimum absolute atomic E-state index is 0. The van der Waals surface area contributed by atoms with Crippen molar-refractivity contribution in [1.29, 1.82) is 0 Å². The van der Waals surface area contributed by atoms with E-state index in [9.17, 15) is 110 Å². The van der Waals surface area contributed by atoms with Crippen LogP contribution >= 0.6 is 0 Å². The number of carboxylic acids is 1. The summed E-state index contributed by atoms with van der Waals surface area (Å²) >= 11 is 0. The van der Waals surface area contributed by atoms with Crippen molar-refractivity contribution >= 4 is 5.97 Å². The van der Waals surface area contributed by atoms with E-state index in [1.165, 1.54) is 0 Å². The number of aliphatic carboxylic acids is 1. The highest BCUT2D eigenvalue weighted by atomic mass is 19.4. The van der Waals surface area contributed by atoms with Crippen LogP contribution in [-0.2, 0) is 4.79 Å². The van der Waals surface area contributed by atoms with E-state index in [0.29, 0.717) is 0 Å². The molecule has 0 bridgehead atoms. The van der Waals surface area contributed by atoms with Crippen molar-refractivity contribution in [1.82, 2.24) is 4.90 Å². The summed E-state index contributed by atoms with van der Waals surface area (Å²) < 4.78 is 314. The number of halogens is 25. The lowest BCUT2D eigenvalue weighted by molar-refractivity contribution is -0.514. The van der Waals surface area contributed by atoms with Gasteiger partial charge in [0.05, 0.1) is 0 Å². The standard InChI is InChI=1S/C12HF24NO2.FH/c13-2(1(38)39,7(22,23)24)10(31,32)37(11(33,34)5(18,19)3(14,15)8(25,26)27)12(35,36)6(20,21)4(16,17)9(28,29)30;/h(H,38,39);1H. The predicted molar refractivity (Wildman–Crippen MR) is 68.6 cm³/mol. The van der Waals surface area contributed by atoms with Gasteiger partial charge in [-0.25, -0.2) is 9.18 Å². The van der Waals surface area contributed by atoms with Gasteiger partial charge in [0.2, 0.25) is 0 Å². The number of carboxylic acid groups (broad SMARTS) is 1. The third-order valence-corrected chi connectivity index (χ3v) is 4.20. The van der Waals surface area contributed by atoms with E-state index in [4.69, 9.17) is 5.11 Å². The van der Waals surface area contributed by atoms with Gasteiger partial charge in [0.25, 0.3) is 0 Å². The lowest BCUT2D eigenvalue weighted by atomic mass is 9.96. The molecule has 0 amide bonds. The monoisotopic (exact) mass is 667 g/mol. The highest BCUT2D eigenvalue weighted by Crippen LogP contribution is 2.64. The molecule has 0 radical (unpaired) electrons. The maximum absolute atomic E-state index is 14.1. The second-order valence-corrected chi connectivity index (χ2v) is 6.71. The molecule has 0 spiro atoms. The van der Waals surface area contributed by atoms with Gasteiger partial charge in [-0.05, 0) is 0 Å². The van der Waals surface area contributed by atoms with E-state index in [1.807, 2.05) is 0 Å². The maximum Gasteiger partial charge on any atom is 0.460 e. The zero-order chi connectivity index (χ0) is 32.7. The average molecular weight is 667 g/mol. The molecule has 0 fully saturated rings. The van der Waals surface area contributed by atoms with E-state index in [1.54, 1.807) is 0 Å². The van der Waals surface area contributed by atoms with Gasteiger partial charge >= 0.3 is 72.0 Å². The van der Waals surface area contributed by atoms with Crippen molar-refractivity contribution in [3.63, 3.8) is 0 Å². The second kappa shape index (κ2) is 9.62. The topological polar surface area (TPSA) is 40.5 Å². The molecule has 0 aromatic heterocycles. The Kier molecular flexibility index (Phi) is 9.57. The van der Waals surface area contributed by atoms with Crippen LogP contribution in [0.25, 0.3) is 0 Å². The summed E-state index contributed by atoms with van der Waals surface area (Å²) in [5.74, 6) is -41.7. The summed E-state index contributed by atoms with van der Waals surface area (Å²) in [5.41, 5.74) is -8.56. The predicted octanol–water partition coefficient (Wildman–Crippen LogP) is 7.24. The zero-order valence-corrected chi connectivity index (χ0v) is 16.8. The van der Waals surface area contributed by atoms with Gasteiger partial charge < -0.3 is 5.11 Å². The molecule has 28 heteroatoms. The Morgan fingerprint density at radius 2 is 0.625 bits per heavy atom. The molecule has 1 atom stereocenters. The third-order valence-electron chi connectivity index (χ3n) is 4.20. The van der Waals surface area contributed by atoms with Crippen LogP contribution in [0.15, 0.2) is 0 Å². The van der Waals surface area contributed by atoms with Gasteiger partial charge in [0.15, 0.2) is 0 Å². The fourth-order valence-corrected chi connectivity index (χ4v) is 2.12. The van der Waals surface area contributed by atoms with Gasteiger partial charge in [-0.15, -0.1) is 4.90 Å². The van der Waals surface area contributed by atoms with Crippen LogP contribution < -0.4 is 0 Å².